The second-order valence-electron chi connectivity index (χ2n) is 9.27. The molecule has 32 heavy (non-hydrogen) atoms. The van der Waals surface area contributed by atoms with Gasteiger partial charge in [-0.05, 0) is 18.3 Å². The zero-order valence-electron chi connectivity index (χ0n) is 18.2. The number of hydrogen-bond acceptors (Lipinski definition) is 11. The van der Waals surface area contributed by atoms with Gasteiger partial charge in [-0.2, -0.15) is 0 Å². The lowest BCUT2D eigenvalue weighted by Crippen LogP contribution is -2.66. The van der Waals surface area contributed by atoms with Crippen LogP contribution in [0.2, 0.25) is 0 Å². The molecule has 7 N–H and O–H groups in total. The van der Waals surface area contributed by atoms with Crippen molar-refractivity contribution in [2.75, 3.05) is 19.8 Å². The van der Waals surface area contributed by atoms with Crippen LogP contribution in [-0.2, 0) is 19.0 Å². The Morgan fingerprint density at radius 1 is 0.938 bits per heavy atom. The van der Waals surface area contributed by atoms with Gasteiger partial charge in [0.1, 0.15) is 48.8 Å². The number of carbonyl (C=O) groups excluding carboxylic acids is 1. The van der Waals surface area contributed by atoms with Gasteiger partial charge in [-0.25, -0.2) is 0 Å². The molecule has 3 aliphatic heterocycles. The van der Waals surface area contributed by atoms with Gasteiger partial charge in [-0.1, -0.05) is 13.8 Å². The highest BCUT2D eigenvalue weighted by Crippen LogP contribution is 2.33. The van der Waals surface area contributed by atoms with Crippen LogP contribution in [0.1, 0.15) is 26.7 Å². The van der Waals surface area contributed by atoms with Gasteiger partial charge in [0.15, 0.2) is 12.5 Å². The van der Waals surface area contributed by atoms with E-state index >= 15 is 0 Å². The molecule has 0 aliphatic carbocycles. The molecule has 0 aromatic heterocycles. The third kappa shape index (κ3) is 5.09. The summed E-state index contributed by atoms with van der Waals surface area (Å²) >= 11 is 0. The van der Waals surface area contributed by atoms with Gasteiger partial charge >= 0.3 is 0 Å². The van der Waals surface area contributed by atoms with Gasteiger partial charge in [0, 0.05) is 13.0 Å². The minimum atomic E-state index is -1.73. The van der Waals surface area contributed by atoms with Crippen LogP contribution in [0.5, 0.6) is 0 Å². The van der Waals surface area contributed by atoms with E-state index in [1.54, 1.807) is 0 Å². The number of aliphatic hydroxyl groups is 7. The van der Waals surface area contributed by atoms with Gasteiger partial charge in [0.2, 0.25) is 5.91 Å². The fourth-order valence-corrected chi connectivity index (χ4v) is 4.71. The van der Waals surface area contributed by atoms with Crippen LogP contribution in [-0.4, -0.2) is 128 Å². The molecule has 3 rings (SSSR count). The molecule has 3 aliphatic rings. The second-order valence-corrected chi connectivity index (χ2v) is 9.27. The summed E-state index contributed by atoms with van der Waals surface area (Å²) in [5.74, 6) is 0.250. The van der Waals surface area contributed by atoms with Crippen LogP contribution in [0.15, 0.2) is 0 Å². The molecule has 1 amide bonds. The molecule has 186 valence electrons. The third-order valence-corrected chi connectivity index (χ3v) is 6.33. The minimum absolute atomic E-state index is 0.0890. The summed E-state index contributed by atoms with van der Waals surface area (Å²) in [6.07, 6.45) is -13.7. The monoisotopic (exact) mass is 465 g/mol. The van der Waals surface area contributed by atoms with E-state index in [1.165, 1.54) is 4.90 Å². The molecule has 3 heterocycles. The molecular weight excluding hydrogens is 430 g/mol. The zero-order valence-corrected chi connectivity index (χ0v) is 18.2. The van der Waals surface area contributed by atoms with Crippen molar-refractivity contribution in [3.8, 4) is 0 Å². The number of carbonyl (C=O) groups is 1. The van der Waals surface area contributed by atoms with E-state index in [0.29, 0.717) is 18.9 Å². The maximum Gasteiger partial charge on any atom is 0.225 e. The quantitative estimate of drug-likeness (QED) is 0.198. The summed E-state index contributed by atoms with van der Waals surface area (Å²) in [5.41, 5.74) is 0. The zero-order chi connectivity index (χ0) is 23.7. The Morgan fingerprint density at radius 2 is 1.59 bits per heavy atom. The second kappa shape index (κ2) is 10.6. The molecule has 12 nitrogen and oxygen atoms in total. The van der Waals surface area contributed by atoms with Crippen molar-refractivity contribution in [1.29, 1.82) is 0 Å². The molecule has 0 saturated carbocycles. The molecule has 0 spiro atoms. The largest absolute Gasteiger partial charge is 0.394 e. The van der Waals surface area contributed by atoms with Crippen LogP contribution in [0.4, 0.5) is 0 Å². The molecular formula is C20H35NO11. The van der Waals surface area contributed by atoms with Crippen LogP contribution in [0.3, 0.4) is 0 Å². The third-order valence-electron chi connectivity index (χ3n) is 6.33. The van der Waals surface area contributed by atoms with E-state index < -0.39 is 74.6 Å². The average Bonchev–Trinajstić information content (AvgIpc) is 3.10. The summed E-state index contributed by atoms with van der Waals surface area (Å²) in [7, 11) is 0. The van der Waals surface area contributed by atoms with Crippen molar-refractivity contribution in [1.82, 2.24) is 4.90 Å². The highest BCUT2D eigenvalue weighted by Gasteiger charge is 2.52. The number of amides is 1. The maximum absolute atomic E-state index is 12.5. The first-order chi connectivity index (χ1) is 15.1. The molecule has 12 heteroatoms. The first-order valence-corrected chi connectivity index (χ1v) is 11.0. The normalized spacial score (nSPS) is 45.6. The Hall–Kier alpha value is -0.930. The minimum Gasteiger partial charge on any atom is -0.394 e. The standard InChI is InChI=1S/C20H35NO11/c1-8(2)3-9-4-12(24)21(5-9)19-16(28)15(27)18(11(7-23)30-19)32-20-17(29)14(26)13(25)10(6-22)31-20/h8-11,13-20,22-23,25-29H,3-7H2,1-2H3/t9-,10+,11+,13-,14-,15+,16+,17+,18?,19?,20?/m0/s1. The van der Waals surface area contributed by atoms with Crippen LogP contribution < -0.4 is 0 Å². The Labute approximate surface area is 185 Å². The fourth-order valence-electron chi connectivity index (χ4n) is 4.71. The number of likely N-dealkylation sites (tertiary alicyclic amines) is 1. The first kappa shape index (κ1) is 25.7. The SMILES string of the molecule is CC(C)C[C@H]1CC(=O)N(C2O[C@H](CO)C(OC3O[C@H](CO)[C@H](O)[C@H](O)[C@H]3O)[C@H](O)[C@H]2O)C1. The smallest absolute Gasteiger partial charge is 0.225 e. The average molecular weight is 465 g/mol. The van der Waals surface area contributed by atoms with Crippen molar-refractivity contribution in [3.63, 3.8) is 0 Å². The fraction of sp³-hybridized carbons (Fsp3) is 0.950. The number of hydrogen-bond donors (Lipinski definition) is 7. The first-order valence-electron chi connectivity index (χ1n) is 11.0. The van der Waals surface area contributed by atoms with Crippen LogP contribution >= 0.6 is 0 Å². The number of nitrogens with zero attached hydrogens (tertiary/aromatic N) is 1. The molecule has 3 fully saturated rings. The molecule has 3 unspecified atom stereocenters. The van der Waals surface area contributed by atoms with E-state index in [2.05, 4.69) is 0 Å². The maximum atomic E-state index is 12.5. The Bertz CT molecular complexity index is 633. The van der Waals surface area contributed by atoms with E-state index in [9.17, 15) is 40.5 Å². The van der Waals surface area contributed by atoms with Crippen LogP contribution in [0.25, 0.3) is 0 Å². The summed E-state index contributed by atoms with van der Waals surface area (Å²) in [4.78, 5) is 13.9. The number of rotatable bonds is 7. The van der Waals surface area contributed by atoms with Crippen molar-refractivity contribution < 1.29 is 54.8 Å². The van der Waals surface area contributed by atoms with Crippen LogP contribution in [0, 0.1) is 11.8 Å². The highest BCUT2D eigenvalue weighted by molar-refractivity contribution is 5.79. The Morgan fingerprint density at radius 3 is 2.19 bits per heavy atom. The van der Waals surface area contributed by atoms with Gasteiger partial charge in [0.05, 0.1) is 13.2 Å². The number of aliphatic hydroxyl groups excluding tert-OH is 7. The Kier molecular flexibility index (Phi) is 8.47. The topological polar surface area (TPSA) is 190 Å². The molecule has 0 radical (unpaired) electrons. The summed E-state index contributed by atoms with van der Waals surface area (Å²) < 4.78 is 16.6. The molecule has 0 aromatic carbocycles. The lowest BCUT2D eigenvalue weighted by Gasteiger charge is -2.47. The van der Waals surface area contributed by atoms with Gasteiger partial charge in [-0.15, -0.1) is 0 Å². The predicted octanol–water partition coefficient (Wildman–Crippen LogP) is -3.49. The van der Waals surface area contributed by atoms with E-state index in [1.807, 2.05) is 13.8 Å². The molecule has 11 atom stereocenters. The van der Waals surface area contributed by atoms with Crippen molar-refractivity contribution >= 4 is 5.91 Å². The summed E-state index contributed by atoms with van der Waals surface area (Å²) in [6.45, 7) is 3.14. The van der Waals surface area contributed by atoms with Crippen molar-refractivity contribution in [2.24, 2.45) is 11.8 Å². The number of ether oxygens (including phenoxy) is 3. The van der Waals surface area contributed by atoms with Gasteiger partial charge < -0.3 is 54.9 Å². The molecule has 0 bridgehead atoms. The molecule has 0 aromatic rings. The van der Waals surface area contributed by atoms with Crippen molar-refractivity contribution in [3.05, 3.63) is 0 Å². The predicted molar refractivity (Wildman–Crippen MR) is 106 cm³/mol. The van der Waals surface area contributed by atoms with Gasteiger partial charge in [0.25, 0.3) is 0 Å². The van der Waals surface area contributed by atoms with Crippen molar-refractivity contribution in [2.45, 2.75) is 88.0 Å². The van der Waals surface area contributed by atoms with E-state index in [4.69, 9.17) is 14.2 Å². The summed E-state index contributed by atoms with van der Waals surface area (Å²) in [6, 6.07) is 0. The summed E-state index contributed by atoms with van der Waals surface area (Å²) in [5, 5.41) is 70.5. The van der Waals surface area contributed by atoms with E-state index in [0.717, 1.165) is 6.42 Å². The van der Waals surface area contributed by atoms with Gasteiger partial charge in [-0.3, -0.25) is 4.79 Å². The van der Waals surface area contributed by atoms with E-state index in [-0.39, 0.29) is 11.8 Å². The lowest BCUT2D eigenvalue weighted by molar-refractivity contribution is -0.347. The lowest BCUT2D eigenvalue weighted by atomic mass is 9.95. The molecule has 3 saturated heterocycles. The highest BCUT2D eigenvalue weighted by atomic mass is 16.7. The Balaban J connectivity index is 1.71.